The van der Waals surface area contributed by atoms with E-state index in [-0.39, 0.29) is 0 Å². The first-order valence-corrected chi connectivity index (χ1v) is 7.07. The van der Waals surface area contributed by atoms with Crippen LogP contribution in [0.1, 0.15) is 0 Å². The summed E-state index contributed by atoms with van der Waals surface area (Å²) in [6.07, 6.45) is -46.7. The van der Waals surface area contributed by atoms with Crippen molar-refractivity contribution in [2.75, 3.05) is 0 Å². The smallest absolute Gasteiger partial charge is 0.451 e. The molecule has 23 heteroatoms. The minimum absolute atomic E-state index is 1.80. The lowest BCUT2D eigenvalue weighted by atomic mass is 10.1. The Morgan fingerprint density at radius 2 is 0.486 bits per heavy atom. The first-order chi connectivity index (χ1) is 14.7. The Labute approximate surface area is 174 Å². The molecule has 0 radical (unpaired) electrons. The topological polar surface area (TPSA) is 9.23 Å². The molecule has 0 saturated heterocycles. The number of rotatable bonds is 4. The highest BCUT2D eigenvalue weighted by Crippen LogP contribution is 2.55. The Balaban J connectivity index is 8.28. The van der Waals surface area contributed by atoms with Crippen LogP contribution in [0.5, 0.6) is 0 Å². The van der Waals surface area contributed by atoms with Gasteiger partial charge in [0.05, 0.1) is 0 Å². The molecule has 35 heavy (non-hydrogen) atoms. The molecule has 0 aromatic heterocycles. The zero-order valence-electron chi connectivity index (χ0n) is 14.7. The molecule has 0 aromatic rings. The van der Waals surface area contributed by atoms with E-state index in [4.69, 9.17) is 0 Å². The Hall–Kier alpha value is -2.26. The molecule has 0 aliphatic rings. The summed E-state index contributed by atoms with van der Waals surface area (Å²) in [4.78, 5) is 0. The second-order valence-corrected chi connectivity index (χ2v) is 5.65. The van der Waals surface area contributed by atoms with Gasteiger partial charge in [-0.2, -0.15) is 96.6 Å². The Morgan fingerprint density at radius 1 is 0.314 bits per heavy atom. The lowest BCUT2D eigenvalue weighted by Crippen LogP contribution is -2.47. The summed E-state index contributed by atoms with van der Waals surface area (Å²) >= 11 is 0. The van der Waals surface area contributed by atoms with Crippen LogP contribution in [0.4, 0.5) is 96.6 Å². The van der Waals surface area contributed by atoms with Gasteiger partial charge in [0.2, 0.25) is 11.5 Å². The second-order valence-electron chi connectivity index (χ2n) is 5.65. The highest BCUT2D eigenvalue weighted by Gasteiger charge is 2.72. The number of hydrogen-bond acceptors (Lipinski definition) is 1. The Kier molecular flexibility index (Phi) is 8.13. The van der Waals surface area contributed by atoms with Crippen LogP contribution in [0, 0.1) is 0 Å². The third-order valence-corrected chi connectivity index (χ3v) is 3.07. The van der Waals surface area contributed by atoms with Crippen LogP contribution in [-0.4, -0.2) is 48.9 Å². The van der Waals surface area contributed by atoms with Gasteiger partial charge in [-0.25, -0.2) is 0 Å². The standard InChI is InChI=1S/C12F22O/c13-5(14,11(29,30)31)3(1(7(17,18)19)8(20,21)22)35-4(6(15,16)12(32,33)34)2(9(23,24)25)10(26,27)28. The van der Waals surface area contributed by atoms with Gasteiger partial charge >= 0.3 is 48.9 Å². The maximum atomic E-state index is 13.4. The summed E-state index contributed by atoms with van der Waals surface area (Å²) in [6, 6.07) is 0. The van der Waals surface area contributed by atoms with E-state index >= 15 is 0 Å². The largest absolute Gasteiger partial charge is 0.461 e. The monoisotopic (exact) mass is 578 g/mol. The van der Waals surface area contributed by atoms with E-state index in [1.54, 1.807) is 4.74 Å². The molecule has 0 spiro atoms. The fraction of sp³-hybridized carbons (Fsp3) is 0.667. The number of ether oxygens (including phenoxy) is 1. The molecule has 0 heterocycles. The average Bonchev–Trinajstić information content (AvgIpc) is 2.45. The summed E-state index contributed by atoms with van der Waals surface area (Å²) in [7, 11) is 0. The molecule has 0 aliphatic heterocycles. The normalized spacial score (nSPS) is 15.1. The molecule has 0 bridgehead atoms. The molecule has 0 N–H and O–H groups in total. The zero-order chi connectivity index (χ0) is 29.0. The molecule has 0 atom stereocenters. The lowest BCUT2D eigenvalue weighted by molar-refractivity contribution is -0.296. The quantitative estimate of drug-likeness (QED) is 0.242. The van der Waals surface area contributed by atoms with E-state index in [1.807, 2.05) is 0 Å². The molecule has 0 unspecified atom stereocenters. The fourth-order valence-electron chi connectivity index (χ4n) is 1.74. The molecule has 0 aromatic carbocycles. The summed E-state index contributed by atoms with van der Waals surface area (Å²) in [5.41, 5.74) is -11.0. The van der Waals surface area contributed by atoms with Crippen molar-refractivity contribution >= 4 is 0 Å². The van der Waals surface area contributed by atoms with Crippen LogP contribution >= 0.6 is 0 Å². The van der Waals surface area contributed by atoms with E-state index in [1.165, 1.54) is 0 Å². The van der Waals surface area contributed by atoms with Crippen LogP contribution in [0.25, 0.3) is 0 Å². The van der Waals surface area contributed by atoms with Gasteiger partial charge in [0.15, 0.2) is 11.1 Å². The molecule has 0 rings (SSSR count). The SMILES string of the molecule is FC(F)(F)C(=C(OC(=C(C(F)(F)F)C(F)(F)F)C(F)(F)C(F)(F)F)C(F)(F)C(F)(F)F)C(F)(F)F. The van der Waals surface area contributed by atoms with Crippen LogP contribution < -0.4 is 0 Å². The summed E-state index contributed by atoms with van der Waals surface area (Å²) in [6.45, 7) is 0. The molecular weight excluding hydrogens is 578 g/mol. The zero-order valence-corrected chi connectivity index (χ0v) is 14.7. The van der Waals surface area contributed by atoms with Crippen LogP contribution in [0.15, 0.2) is 22.7 Å². The van der Waals surface area contributed by atoms with Crippen molar-refractivity contribution in [3.05, 3.63) is 22.7 Å². The predicted octanol–water partition coefficient (Wildman–Crippen LogP) is 8.16. The number of hydrogen-bond donors (Lipinski definition) is 0. The van der Waals surface area contributed by atoms with E-state index in [9.17, 15) is 96.6 Å². The highest BCUT2D eigenvalue weighted by atomic mass is 19.4. The second kappa shape index (κ2) is 8.69. The van der Waals surface area contributed by atoms with Crippen LogP contribution in [0.3, 0.4) is 0 Å². The van der Waals surface area contributed by atoms with Gasteiger partial charge in [-0.05, 0) is 0 Å². The molecule has 208 valence electrons. The van der Waals surface area contributed by atoms with Crippen LogP contribution in [0.2, 0.25) is 0 Å². The lowest BCUT2D eigenvalue weighted by Gasteiger charge is -2.31. The molecule has 0 fully saturated rings. The molecule has 0 amide bonds. The van der Waals surface area contributed by atoms with E-state index in [0.29, 0.717) is 0 Å². The van der Waals surface area contributed by atoms with Crippen LogP contribution in [-0.2, 0) is 4.74 Å². The number of halogens is 22. The third kappa shape index (κ3) is 6.91. The number of allylic oxidation sites excluding steroid dienone is 4. The van der Waals surface area contributed by atoms with E-state index in [0.717, 1.165) is 0 Å². The Morgan fingerprint density at radius 3 is 0.600 bits per heavy atom. The van der Waals surface area contributed by atoms with Gasteiger partial charge < -0.3 is 4.74 Å². The molecule has 0 aliphatic carbocycles. The van der Waals surface area contributed by atoms with Crippen molar-refractivity contribution in [2.45, 2.75) is 48.9 Å². The van der Waals surface area contributed by atoms with Crippen molar-refractivity contribution in [3.8, 4) is 0 Å². The van der Waals surface area contributed by atoms with E-state index < -0.39 is 71.6 Å². The third-order valence-electron chi connectivity index (χ3n) is 3.07. The first kappa shape index (κ1) is 32.7. The van der Waals surface area contributed by atoms with Gasteiger partial charge in [-0.15, -0.1) is 0 Å². The van der Waals surface area contributed by atoms with Crippen molar-refractivity contribution in [1.82, 2.24) is 0 Å². The fourth-order valence-corrected chi connectivity index (χ4v) is 1.74. The maximum Gasteiger partial charge on any atom is 0.461 e. The highest BCUT2D eigenvalue weighted by molar-refractivity contribution is 5.33. The first-order valence-electron chi connectivity index (χ1n) is 7.07. The summed E-state index contributed by atoms with van der Waals surface area (Å²) in [5.74, 6) is -27.2. The molecule has 0 saturated carbocycles. The molecular formula is C12F22O. The van der Waals surface area contributed by atoms with Crippen molar-refractivity contribution in [3.63, 3.8) is 0 Å². The summed E-state index contributed by atoms with van der Waals surface area (Å²) < 4.78 is 281. The molecule has 1 nitrogen and oxygen atoms in total. The van der Waals surface area contributed by atoms with Crippen molar-refractivity contribution < 1.29 is 101 Å². The van der Waals surface area contributed by atoms with Gasteiger partial charge in [-0.3, -0.25) is 0 Å². The maximum absolute atomic E-state index is 13.4. The average molecular weight is 578 g/mol. The van der Waals surface area contributed by atoms with Gasteiger partial charge in [0.1, 0.15) is 0 Å². The van der Waals surface area contributed by atoms with Crippen molar-refractivity contribution in [1.29, 1.82) is 0 Å². The van der Waals surface area contributed by atoms with E-state index in [2.05, 4.69) is 0 Å². The van der Waals surface area contributed by atoms with Gasteiger partial charge in [0.25, 0.3) is 0 Å². The minimum atomic E-state index is -8.05. The minimum Gasteiger partial charge on any atom is -0.451 e. The van der Waals surface area contributed by atoms with Gasteiger partial charge in [0, 0.05) is 0 Å². The number of alkyl halides is 22. The summed E-state index contributed by atoms with van der Waals surface area (Å²) in [5, 5.41) is 0. The Bertz CT molecular complexity index is 729. The van der Waals surface area contributed by atoms with Gasteiger partial charge in [-0.1, -0.05) is 0 Å². The van der Waals surface area contributed by atoms with Crippen molar-refractivity contribution in [2.24, 2.45) is 0 Å². The predicted molar refractivity (Wildman–Crippen MR) is 61.4 cm³/mol.